The molecule has 1 aromatic heterocycles. The summed E-state index contributed by atoms with van der Waals surface area (Å²) in [6.07, 6.45) is 1.52. The van der Waals surface area contributed by atoms with Gasteiger partial charge in [0.05, 0.1) is 0 Å². The van der Waals surface area contributed by atoms with E-state index in [4.69, 9.17) is 0 Å². The van der Waals surface area contributed by atoms with Gasteiger partial charge in [-0.25, -0.2) is 0 Å². The number of aryl methyl sites for hydroxylation is 1. The second-order valence-corrected chi connectivity index (χ2v) is 3.70. The number of alkyl halides is 2. The number of benzene rings is 1. The summed E-state index contributed by atoms with van der Waals surface area (Å²) in [5.74, 6) is -2.89. The van der Waals surface area contributed by atoms with E-state index in [1.54, 1.807) is 31.2 Å². The zero-order valence-electron chi connectivity index (χ0n) is 8.90. The van der Waals surface area contributed by atoms with Gasteiger partial charge < -0.3 is 0 Å². The largest absolute Gasteiger partial charge is 0.292 e. The summed E-state index contributed by atoms with van der Waals surface area (Å²) in [5.41, 5.74) is 0.750. The van der Waals surface area contributed by atoms with Crippen LogP contribution in [-0.2, 0) is 12.5 Å². The van der Waals surface area contributed by atoms with Crippen molar-refractivity contribution in [1.82, 2.24) is 9.78 Å². The molecule has 1 aromatic carbocycles. The van der Waals surface area contributed by atoms with Crippen LogP contribution in [0.2, 0.25) is 0 Å². The molecule has 0 saturated heterocycles. The molecule has 0 unspecified atom stereocenters. The van der Waals surface area contributed by atoms with Gasteiger partial charge in [-0.15, -0.1) is 0 Å². The fraction of sp³-hybridized carbons (Fsp3) is 0.250. The Hall–Kier alpha value is -1.71. The quantitative estimate of drug-likeness (QED) is 0.780. The molecular formula is C12H12F2N2. The van der Waals surface area contributed by atoms with Crippen LogP contribution in [0.5, 0.6) is 0 Å². The molecule has 2 aromatic rings. The number of rotatable bonds is 3. The van der Waals surface area contributed by atoms with E-state index >= 15 is 0 Å². The molecule has 0 aliphatic carbocycles. The lowest BCUT2D eigenvalue weighted by Gasteiger charge is -2.17. The van der Waals surface area contributed by atoms with Gasteiger partial charge in [-0.2, -0.15) is 13.9 Å². The molecule has 4 heteroatoms. The predicted octanol–water partition coefficient (Wildman–Crippen LogP) is 2.98. The van der Waals surface area contributed by atoms with Gasteiger partial charge in [0, 0.05) is 17.5 Å². The standard InChI is InChI=1S/C12H12F2N2/c1-10-7-8-15-16(10)9-12(13,14)11-5-3-2-4-6-11/h2-8H,9H2,1H3. The first-order valence-electron chi connectivity index (χ1n) is 5.01. The Labute approximate surface area is 92.5 Å². The van der Waals surface area contributed by atoms with Crippen molar-refractivity contribution in [2.24, 2.45) is 0 Å². The number of halogens is 2. The Morgan fingerprint density at radius 3 is 2.44 bits per heavy atom. The first-order chi connectivity index (χ1) is 7.59. The minimum atomic E-state index is -2.89. The van der Waals surface area contributed by atoms with E-state index in [0.29, 0.717) is 0 Å². The van der Waals surface area contributed by atoms with Crippen molar-refractivity contribution < 1.29 is 8.78 Å². The summed E-state index contributed by atoms with van der Waals surface area (Å²) in [4.78, 5) is 0. The molecule has 0 fully saturated rings. The van der Waals surface area contributed by atoms with Gasteiger partial charge in [-0.3, -0.25) is 4.68 Å². The molecule has 0 aliphatic rings. The summed E-state index contributed by atoms with van der Waals surface area (Å²) in [7, 11) is 0. The summed E-state index contributed by atoms with van der Waals surface area (Å²) < 4.78 is 29.0. The third kappa shape index (κ3) is 2.10. The van der Waals surface area contributed by atoms with Crippen LogP contribution in [-0.4, -0.2) is 9.78 Å². The Kier molecular flexibility index (Phi) is 2.73. The maximum atomic E-state index is 13.8. The zero-order chi connectivity index (χ0) is 11.6. The van der Waals surface area contributed by atoms with E-state index < -0.39 is 12.5 Å². The molecule has 0 radical (unpaired) electrons. The highest BCUT2D eigenvalue weighted by molar-refractivity contribution is 5.20. The molecule has 84 valence electrons. The summed E-state index contributed by atoms with van der Waals surface area (Å²) in [6.45, 7) is 1.34. The number of hydrogen-bond donors (Lipinski definition) is 0. The van der Waals surface area contributed by atoms with Crippen molar-refractivity contribution in [3.63, 3.8) is 0 Å². The minimum Gasteiger partial charge on any atom is -0.263 e. The van der Waals surface area contributed by atoms with Crippen molar-refractivity contribution in [2.45, 2.75) is 19.4 Å². The van der Waals surface area contributed by atoms with E-state index in [9.17, 15) is 8.78 Å². The SMILES string of the molecule is Cc1ccnn1CC(F)(F)c1ccccc1. The van der Waals surface area contributed by atoms with E-state index in [0.717, 1.165) is 5.69 Å². The zero-order valence-corrected chi connectivity index (χ0v) is 8.90. The molecule has 0 spiro atoms. The lowest BCUT2D eigenvalue weighted by atomic mass is 10.1. The normalized spacial score (nSPS) is 11.7. The first-order valence-corrected chi connectivity index (χ1v) is 5.01. The maximum Gasteiger partial charge on any atom is 0.292 e. The van der Waals surface area contributed by atoms with Crippen molar-refractivity contribution in [3.05, 3.63) is 53.9 Å². The van der Waals surface area contributed by atoms with Crippen LogP contribution in [0.25, 0.3) is 0 Å². The molecule has 0 amide bonds. The summed E-state index contributed by atoms with van der Waals surface area (Å²) >= 11 is 0. The van der Waals surface area contributed by atoms with Crippen LogP contribution < -0.4 is 0 Å². The fourth-order valence-corrected chi connectivity index (χ4v) is 1.53. The van der Waals surface area contributed by atoms with E-state index in [1.165, 1.54) is 23.0 Å². The predicted molar refractivity (Wildman–Crippen MR) is 57.3 cm³/mol. The van der Waals surface area contributed by atoms with Crippen LogP contribution in [0.1, 0.15) is 11.3 Å². The molecule has 0 saturated carbocycles. The second-order valence-electron chi connectivity index (χ2n) is 3.70. The summed E-state index contributed by atoms with van der Waals surface area (Å²) in [5, 5.41) is 3.86. The molecule has 1 heterocycles. The fourth-order valence-electron chi connectivity index (χ4n) is 1.53. The topological polar surface area (TPSA) is 17.8 Å². The maximum absolute atomic E-state index is 13.8. The molecule has 0 N–H and O–H groups in total. The molecule has 2 rings (SSSR count). The third-order valence-corrected chi connectivity index (χ3v) is 2.47. The Bertz CT molecular complexity index is 463. The van der Waals surface area contributed by atoms with Gasteiger partial charge in [-0.05, 0) is 13.0 Å². The monoisotopic (exact) mass is 222 g/mol. The average molecular weight is 222 g/mol. The lowest BCUT2D eigenvalue weighted by Crippen LogP contribution is -2.22. The highest BCUT2D eigenvalue weighted by atomic mass is 19.3. The molecule has 0 atom stereocenters. The smallest absolute Gasteiger partial charge is 0.263 e. The van der Waals surface area contributed by atoms with Gasteiger partial charge in [-0.1, -0.05) is 30.3 Å². The number of nitrogens with zero attached hydrogens (tertiary/aromatic N) is 2. The van der Waals surface area contributed by atoms with Crippen molar-refractivity contribution in [1.29, 1.82) is 0 Å². The van der Waals surface area contributed by atoms with Crippen LogP contribution >= 0.6 is 0 Å². The van der Waals surface area contributed by atoms with Crippen LogP contribution in [0.4, 0.5) is 8.78 Å². The minimum absolute atomic E-state index is 0.0184. The van der Waals surface area contributed by atoms with Crippen LogP contribution in [0.15, 0.2) is 42.6 Å². The van der Waals surface area contributed by atoms with E-state index in [2.05, 4.69) is 5.10 Å². The van der Waals surface area contributed by atoms with Gasteiger partial charge in [0.15, 0.2) is 0 Å². The summed E-state index contributed by atoms with van der Waals surface area (Å²) in [6, 6.07) is 9.51. The van der Waals surface area contributed by atoms with Gasteiger partial charge >= 0.3 is 0 Å². The van der Waals surface area contributed by atoms with Crippen LogP contribution in [0.3, 0.4) is 0 Å². The van der Waals surface area contributed by atoms with Crippen molar-refractivity contribution in [3.8, 4) is 0 Å². The molecule has 2 nitrogen and oxygen atoms in total. The van der Waals surface area contributed by atoms with E-state index in [-0.39, 0.29) is 5.56 Å². The second kappa shape index (κ2) is 4.04. The highest BCUT2D eigenvalue weighted by Gasteiger charge is 2.32. The number of hydrogen-bond acceptors (Lipinski definition) is 1. The molecule has 16 heavy (non-hydrogen) atoms. The first kappa shape index (κ1) is 10.8. The molecule has 0 bridgehead atoms. The number of aromatic nitrogens is 2. The van der Waals surface area contributed by atoms with Crippen molar-refractivity contribution in [2.75, 3.05) is 0 Å². The lowest BCUT2D eigenvalue weighted by molar-refractivity contribution is -0.0259. The molecule has 0 aliphatic heterocycles. The third-order valence-electron chi connectivity index (χ3n) is 2.47. The van der Waals surface area contributed by atoms with Gasteiger partial charge in [0.2, 0.25) is 0 Å². The molecular weight excluding hydrogens is 210 g/mol. The Morgan fingerprint density at radius 2 is 1.88 bits per heavy atom. The average Bonchev–Trinajstić information content (AvgIpc) is 2.65. The Balaban J connectivity index is 2.24. The van der Waals surface area contributed by atoms with Crippen molar-refractivity contribution >= 4 is 0 Å². The van der Waals surface area contributed by atoms with Gasteiger partial charge in [0.1, 0.15) is 6.54 Å². The van der Waals surface area contributed by atoms with Crippen LogP contribution in [0, 0.1) is 6.92 Å². The van der Waals surface area contributed by atoms with Gasteiger partial charge in [0.25, 0.3) is 5.92 Å². The van der Waals surface area contributed by atoms with E-state index in [1.807, 2.05) is 0 Å². The Morgan fingerprint density at radius 1 is 1.19 bits per heavy atom. The highest BCUT2D eigenvalue weighted by Crippen LogP contribution is 2.29.